The van der Waals surface area contributed by atoms with Crippen molar-refractivity contribution in [2.24, 2.45) is 5.92 Å². The van der Waals surface area contributed by atoms with Gasteiger partial charge >= 0.3 is 5.97 Å². The minimum absolute atomic E-state index is 0.0486. The van der Waals surface area contributed by atoms with Gasteiger partial charge in [0.1, 0.15) is 6.04 Å². The van der Waals surface area contributed by atoms with Crippen LogP contribution in [0.1, 0.15) is 45.4 Å². The molecule has 0 aromatic rings. The van der Waals surface area contributed by atoms with Crippen molar-refractivity contribution < 1.29 is 19.5 Å². The number of hydrogen-bond acceptors (Lipinski definition) is 3. The van der Waals surface area contributed by atoms with Crippen molar-refractivity contribution in [3.05, 3.63) is 0 Å². The summed E-state index contributed by atoms with van der Waals surface area (Å²) >= 11 is 0. The summed E-state index contributed by atoms with van der Waals surface area (Å²) in [5.41, 5.74) is 0. The normalized spacial score (nSPS) is 30.1. The van der Waals surface area contributed by atoms with Gasteiger partial charge in [-0.15, -0.1) is 0 Å². The number of likely N-dealkylation sites (tertiary alicyclic amines) is 1. The molecule has 6 heteroatoms. The van der Waals surface area contributed by atoms with Gasteiger partial charge in [0.15, 0.2) is 0 Å². The van der Waals surface area contributed by atoms with Crippen molar-refractivity contribution in [1.82, 2.24) is 10.2 Å². The van der Waals surface area contributed by atoms with E-state index >= 15 is 0 Å². The quantitative estimate of drug-likeness (QED) is 0.800. The second-order valence-corrected chi connectivity index (χ2v) is 5.77. The monoisotopic (exact) mass is 282 g/mol. The number of carboxylic acid groups (broad SMARTS) is 1. The molecule has 112 valence electrons. The molecule has 0 aromatic carbocycles. The highest BCUT2D eigenvalue weighted by Crippen LogP contribution is 2.25. The summed E-state index contributed by atoms with van der Waals surface area (Å²) in [6.45, 7) is 2.14. The highest BCUT2D eigenvalue weighted by molar-refractivity contribution is 5.87. The molecule has 6 nitrogen and oxygen atoms in total. The molecule has 0 bridgehead atoms. The summed E-state index contributed by atoms with van der Waals surface area (Å²) in [5.74, 6) is -1.16. The fourth-order valence-electron chi connectivity index (χ4n) is 3.20. The number of rotatable bonds is 3. The first kappa shape index (κ1) is 14.8. The van der Waals surface area contributed by atoms with Crippen LogP contribution in [0.3, 0.4) is 0 Å². The fraction of sp³-hybridized carbons (Fsp3) is 0.786. The molecule has 0 unspecified atom stereocenters. The zero-order valence-corrected chi connectivity index (χ0v) is 11.8. The first-order chi connectivity index (χ1) is 9.49. The van der Waals surface area contributed by atoms with Crippen LogP contribution >= 0.6 is 0 Å². The number of amides is 2. The van der Waals surface area contributed by atoms with E-state index < -0.39 is 5.97 Å². The molecule has 1 aliphatic carbocycles. The number of carbonyl (C=O) groups is 3. The van der Waals surface area contributed by atoms with Crippen LogP contribution in [0, 0.1) is 5.92 Å². The smallest absolute Gasteiger partial charge is 0.306 e. The van der Waals surface area contributed by atoms with Crippen LogP contribution in [-0.4, -0.2) is 46.4 Å². The molecule has 2 rings (SSSR count). The van der Waals surface area contributed by atoms with Crippen LogP contribution in [-0.2, 0) is 14.4 Å². The van der Waals surface area contributed by atoms with E-state index in [4.69, 9.17) is 5.11 Å². The van der Waals surface area contributed by atoms with E-state index in [0.717, 1.165) is 12.8 Å². The van der Waals surface area contributed by atoms with Gasteiger partial charge in [0.25, 0.3) is 0 Å². The Bertz CT molecular complexity index is 402. The lowest BCUT2D eigenvalue weighted by molar-refractivity contribution is -0.143. The maximum absolute atomic E-state index is 12.2. The molecular weight excluding hydrogens is 260 g/mol. The fourth-order valence-corrected chi connectivity index (χ4v) is 3.20. The minimum atomic E-state index is -0.742. The summed E-state index contributed by atoms with van der Waals surface area (Å²) in [6, 6.07) is -0.294. The molecule has 0 aromatic heterocycles. The molecule has 1 saturated carbocycles. The first-order valence-electron chi connectivity index (χ1n) is 7.29. The number of carbonyl (C=O) groups excluding carboxylic acids is 2. The maximum atomic E-state index is 12.2. The standard InChI is InChI=1S/C14H22N2O4/c1-9(17)16-8-2-3-12(16)13(18)15-11-6-4-10(5-7-11)14(19)20/h10-12H,2-8H2,1H3,(H,15,18)(H,19,20)/t10?,11?,12-/m0/s1. The van der Waals surface area contributed by atoms with Gasteiger partial charge in [0, 0.05) is 19.5 Å². The zero-order valence-electron chi connectivity index (χ0n) is 11.8. The van der Waals surface area contributed by atoms with Gasteiger partial charge in [0.05, 0.1) is 5.92 Å². The molecule has 2 amide bonds. The van der Waals surface area contributed by atoms with Gasteiger partial charge in [0.2, 0.25) is 11.8 Å². The minimum Gasteiger partial charge on any atom is -0.481 e. The SMILES string of the molecule is CC(=O)N1CCC[C@H]1C(=O)NC1CCC(C(=O)O)CC1. The van der Waals surface area contributed by atoms with Crippen molar-refractivity contribution >= 4 is 17.8 Å². The molecule has 0 radical (unpaired) electrons. The maximum Gasteiger partial charge on any atom is 0.306 e. The topological polar surface area (TPSA) is 86.7 Å². The van der Waals surface area contributed by atoms with Crippen LogP contribution in [0.5, 0.6) is 0 Å². The zero-order chi connectivity index (χ0) is 14.7. The molecule has 0 spiro atoms. The Balaban J connectivity index is 1.83. The lowest BCUT2D eigenvalue weighted by Gasteiger charge is -2.29. The molecule has 1 heterocycles. The summed E-state index contributed by atoms with van der Waals surface area (Å²) in [4.78, 5) is 36.2. The Hall–Kier alpha value is -1.59. The van der Waals surface area contributed by atoms with Crippen LogP contribution < -0.4 is 5.32 Å². The van der Waals surface area contributed by atoms with Gasteiger partial charge in [-0.05, 0) is 38.5 Å². The Morgan fingerprint density at radius 2 is 1.75 bits per heavy atom. The molecule has 1 aliphatic heterocycles. The average molecular weight is 282 g/mol. The van der Waals surface area contributed by atoms with E-state index in [0.29, 0.717) is 32.2 Å². The lowest BCUT2D eigenvalue weighted by atomic mass is 9.86. The molecule has 20 heavy (non-hydrogen) atoms. The number of carboxylic acids is 1. The second-order valence-electron chi connectivity index (χ2n) is 5.77. The Morgan fingerprint density at radius 1 is 1.10 bits per heavy atom. The highest BCUT2D eigenvalue weighted by atomic mass is 16.4. The Labute approximate surface area is 118 Å². The molecule has 2 aliphatic rings. The molecule has 1 saturated heterocycles. The first-order valence-corrected chi connectivity index (χ1v) is 7.29. The Kier molecular flexibility index (Phi) is 4.62. The predicted molar refractivity (Wildman–Crippen MR) is 71.9 cm³/mol. The molecule has 1 atom stereocenters. The third-order valence-electron chi connectivity index (χ3n) is 4.38. The average Bonchev–Trinajstić information content (AvgIpc) is 2.88. The van der Waals surface area contributed by atoms with E-state index in [2.05, 4.69) is 5.32 Å². The summed E-state index contributed by atoms with van der Waals surface area (Å²) in [6.07, 6.45) is 4.22. The predicted octanol–water partition coefficient (Wildman–Crippen LogP) is 0.757. The number of nitrogens with zero attached hydrogens (tertiary/aromatic N) is 1. The summed E-state index contributed by atoms with van der Waals surface area (Å²) in [7, 11) is 0. The Morgan fingerprint density at radius 3 is 2.30 bits per heavy atom. The van der Waals surface area contributed by atoms with E-state index in [1.165, 1.54) is 6.92 Å². The largest absolute Gasteiger partial charge is 0.481 e. The summed E-state index contributed by atoms with van der Waals surface area (Å²) < 4.78 is 0. The van der Waals surface area contributed by atoms with Crippen LogP contribution in [0.4, 0.5) is 0 Å². The van der Waals surface area contributed by atoms with Crippen molar-refractivity contribution in [1.29, 1.82) is 0 Å². The van der Waals surface area contributed by atoms with Gasteiger partial charge < -0.3 is 15.3 Å². The third kappa shape index (κ3) is 3.29. The molecular formula is C14H22N2O4. The van der Waals surface area contributed by atoms with Crippen molar-refractivity contribution in [2.45, 2.75) is 57.5 Å². The third-order valence-corrected chi connectivity index (χ3v) is 4.38. The van der Waals surface area contributed by atoms with Crippen LogP contribution in [0.25, 0.3) is 0 Å². The van der Waals surface area contributed by atoms with E-state index in [1.807, 2.05) is 0 Å². The second kappa shape index (κ2) is 6.24. The van der Waals surface area contributed by atoms with Crippen molar-refractivity contribution in [3.8, 4) is 0 Å². The van der Waals surface area contributed by atoms with Gasteiger partial charge in [-0.3, -0.25) is 14.4 Å². The van der Waals surface area contributed by atoms with Crippen molar-refractivity contribution in [2.75, 3.05) is 6.54 Å². The highest BCUT2D eigenvalue weighted by Gasteiger charge is 2.34. The van der Waals surface area contributed by atoms with Crippen LogP contribution in [0.2, 0.25) is 0 Å². The number of nitrogens with one attached hydrogen (secondary N) is 1. The van der Waals surface area contributed by atoms with Gasteiger partial charge in [-0.1, -0.05) is 0 Å². The van der Waals surface area contributed by atoms with E-state index in [-0.39, 0.29) is 29.8 Å². The number of hydrogen-bond donors (Lipinski definition) is 2. The van der Waals surface area contributed by atoms with Crippen LogP contribution in [0.15, 0.2) is 0 Å². The lowest BCUT2D eigenvalue weighted by Crippen LogP contribution is -2.49. The molecule has 2 fully saturated rings. The van der Waals surface area contributed by atoms with Gasteiger partial charge in [-0.2, -0.15) is 0 Å². The van der Waals surface area contributed by atoms with Crippen molar-refractivity contribution in [3.63, 3.8) is 0 Å². The van der Waals surface area contributed by atoms with E-state index in [9.17, 15) is 14.4 Å². The molecule has 2 N–H and O–H groups in total. The van der Waals surface area contributed by atoms with E-state index in [1.54, 1.807) is 4.90 Å². The number of aliphatic carboxylic acids is 1. The summed E-state index contributed by atoms with van der Waals surface area (Å²) in [5, 5.41) is 11.9. The van der Waals surface area contributed by atoms with Gasteiger partial charge in [-0.25, -0.2) is 0 Å².